The number of aryl methyl sites for hydroxylation is 1. The zero-order chi connectivity index (χ0) is 17.1. The van der Waals surface area contributed by atoms with Crippen molar-refractivity contribution >= 4 is 17.5 Å². The topological polar surface area (TPSA) is 53.2 Å². The quantitative estimate of drug-likeness (QED) is 0.798. The predicted octanol–water partition coefficient (Wildman–Crippen LogP) is 3.29. The highest BCUT2D eigenvalue weighted by molar-refractivity contribution is 6.30. The van der Waals surface area contributed by atoms with Crippen molar-refractivity contribution in [1.29, 1.82) is 0 Å². The maximum absolute atomic E-state index is 12.7. The van der Waals surface area contributed by atoms with Crippen molar-refractivity contribution in [3.63, 3.8) is 0 Å². The van der Waals surface area contributed by atoms with Crippen LogP contribution in [0.25, 0.3) is 0 Å². The average molecular weight is 344 g/mol. The number of hydrazine groups is 1. The lowest BCUT2D eigenvalue weighted by Crippen LogP contribution is -2.36. The summed E-state index contributed by atoms with van der Waals surface area (Å²) in [5.41, 5.74) is 9.65. The summed E-state index contributed by atoms with van der Waals surface area (Å²) >= 11 is 5.95. The van der Waals surface area contributed by atoms with Crippen LogP contribution in [0, 0.1) is 12.8 Å². The number of amides is 1. The summed E-state index contributed by atoms with van der Waals surface area (Å²) < 4.78 is 0. The molecule has 126 valence electrons. The van der Waals surface area contributed by atoms with Gasteiger partial charge in [-0.2, -0.15) is 0 Å². The average Bonchev–Trinajstić information content (AvgIpc) is 3.06. The SMILES string of the molecule is Cc1ccc(C(C)NC(=O)C2CNNC2c2ccc(Cl)cc2)cc1. The minimum absolute atomic E-state index is 0.0235. The Bertz CT molecular complexity index is 700. The summed E-state index contributed by atoms with van der Waals surface area (Å²) in [6.45, 7) is 4.66. The van der Waals surface area contributed by atoms with Gasteiger partial charge in [0.25, 0.3) is 0 Å². The molecule has 5 heteroatoms. The third kappa shape index (κ3) is 3.78. The Labute approximate surface area is 147 Å². The molecule has 1 saturated heterocycles. The summed E-state index contributed by atoms with van der Waals surface area (Å²) in [5, 5.41) is 3.82. The van der Waals surface area contributed by atoms with Gasteiger partial charge in [-0.3, -0.25) is 10.2 Å². The molecule has 0 spiro atoms. The third-order valence-corrected chi connectivity index (χ3v) is 4.74. The van der Waals surface area contributed by atoms with E-state index in [1.54, 1.807) is 0 Å². The van der Waals surface area contributed by atoms with Gasteiger partial charge in [0.05, 0.1) is 18.0 Å². The van der Waals surface area contributed by atoms with Gasteiger partial charge in [0.1, 0.15) is 0 Å². The standard InChI is InChI=1S/C19H22ClN3O/c1-12-3-5-14(6-4-12)13(2)22-19(24)17-11-21-23-18(17)15-7-9-16(20)10-8-15/h3-10,13,17-18,21,23H,11H2,1-2H3,(H,22,24). The normalized spacial score (nSPS) is 21.5. The fraction of sp³-hybridized carbons (Fsp3) is 0.316. The Hall–Kier alpha value is -1.88. The van der Waals surface area contributed by atoms with E-state index in [4.69, 9.17) is 11.6 Å². The monoisotopic (exact) mass is 343 g/mol. The molecule has 1 heterocycles. The first-order valence-corrected chi connectivity index (χ1v) is 8.53. The highest BCUT2D eigenvalue weighted by Gasteiger charge is 2.34. The molecule has 1 amide bonds. The number of rotatable bonds is 4. The molecule has 2 aromatic carbocycles. The van der Waals surface area contributed by atoms with Crippen LogP contribution in [0.5, 0.6) is 0 Å². The molecule has 1 fully saturated rings. The first kappa shape index (κ1) is 17.0. The molecule has 0 radical (unpaired) electrons. The van der Waals surface area contributed by atoms with Crippen molar-refractivity contribution in [3.05, 3.63) is 70.2 Å². The van der Waals surface area contributed by atoms with E-state index >= 15 is 0 Å². The van der Waals surface area contributed by atoms with E-state index in [2.05, 4.69) is 47.4 Å². The van der Waals surface area contributed by atoms with Crippen LogP contribution in [0.15, 0.2) is 48.5 Å². The first-order chi connectivity index (χ1) is 11.5. The minimum Gasteiger partial charge on any atom is -0.349 e. The largest absolute Gasteiger partial charge is 0.349 e. The number of benzene rings is 2. The van der Waals surface area contributed by atoms with Crippen molar-refractivity contribution in [2.45, 2.75) is 25.9 Å². The summed E-state index contributed by atoms with van der Waals surface area (Å²) in [5.74, 6) is -0.125. The molecule has 1 aliphatic rings. The Kier molecular flexibility index (Phi) is 5.19. The molecule has 0 bridgehead atoms. The molecule has 2 aromatic rings. The minimum atomic E-state index is -0.168. The molecule has 3 rings (SSSR count). The van der Waals surface area contributed by atoms with Gasteiger partial charge in [-0.05, 0) is 37.1 Å². The van der Waals surface area contributed by atoms with Crippen LogP contribution in [0.4, 0.5) is 0 Å². The number of carbonyl (C=O) groups is 1. The molecular formula is C19H22ClN3O. The second kappa shape index (κ2) is 7.34. The van der Waals surface area contributed by atoms with Crippen LogP contribution in [0.3, 0.4) is 0 Å². The van der Waals surface area contributed by atoms with Crippen LogP contribution in [0.1, 0.15) is 35.7 Å². The van der Waals surface area contributed by atoms with Gasteiger partial charge in [0.2, 0.25) is 5.91 Å². The van der Waals surface area contributed by atoms with Crippen LogP contribution in [0.2, 0.25) is 5.02 Å². The van der Waals surface area contributed by atoms with Crippen molar-refractivity contribution in [2.24, 2.45) is 5.92 Å². The number of hydrogen-bond acceptors (Lipinski definition) is 3. The lowest BCUT2D eigenvalue weighted by molar-refractivity contribution is -0.125. The van der Waals surface area contributed by atoms with Crippen LogP contribution in [-0.2, 0) is 4.79 Å². The van der Waals surface area contributed by atoms with Crippen molar-refractivity contribution in [3.8, 4) is 0 Å². The fourth-order valence-corrected chi connectivity index (χ4v) is 3.11. The zero-order valence-electron chi connectivity index (χ0n) is 13.8. The molecule has 0 aliphatic carbocycles. The fourth-order valence-electron chi connectivity index (χ4n) is 2.99. The summed E-state index contributed by atoms with van der Waals surface area (Å²) in [6.07, 6.45) is 0. The molecule has 0 saturated carbocycles. The number of halogens is 1. The lowest BCUT2D eigenvalue weighted by Gasteiger charge is -2.21. The maximum atomic E-state index is 12.7. The smallest absolute Gasteiger partial charge is 0.226 e. The lowest BCUT2D eigenvalue weighted by atomic mass is 9.93. The van der Waals surface area contributed by atoms with Crippen LogP contribution < -0.4 is 16.2 Å². The van der Waals surface area contributed by atoms with Gasteiger partial charge in [-0.25, -0.2) is 5.43 Å². The Morgan fingerprint density at radius 1 is 1.17 bits per heavy atom. The van der Waals surface area contributed by atoms with E-state index in [0.29, 0.717) is 11.6 Å². The second-order valence-corrected chi connectivity index (χ2v) is 6.74. The van der Waals surface area contributed by atoms with Gasteiger partial charge < -0.3 is 5.32 Å². The maximum Gasteiger partial charge on any atom is 0.226 e. The predicted molar refractivity (Wildman–Crippen MR) is 96.6 cm³/mol. The van der Waals surface area contributed by atoms with Gasteiger partial charge in [0, 0.05) is 11.6 Å². The first-order valence-electron chi connectivity index (χ1n) is 8.15. The highest BCUT2D eigenvalue weighted by Crippen LogP contribution is 2.27. The molecule has 3 N–H and O–H groups in total. The van der Waals surface area contributed by atoms with Gasteiger partial charge >= 0.3 is 0 Å². The van der Waals surface area contributed by atoms with Crippen molar-refractivity contribution in [1.82, 2.24) is 16.2 Å². The molecule has 4 nitrogen and oxygen atoms in total. The van der Waals surface area contributed by atoms with E-state index < -0.39 is 0 Å². The van der Waals surface area contributed by atoms with Gasteiger partial charge in [-0.1, -0.05) is 53.6 Å². The summed E-state index contributed by atoms with van der Waals surface area (Å²) in [6, 6.07) is 15.8. The number of nitrogens with one attached hydrogen (secondary N) is 3. The highest BCUT2D eigenvalue weighted by atomic mass is 35.5. The van der Waals surface area contributed by atoms with E-state index in [1.807, 2.05) is 31.2 Å². The van der Waals surface area contributed by atoms with E-state index in [9.17, 15) is 4.79 Å². The van der Waals surface area contributed by atoms with E-state index in [0.717, 1.165) is 11.1 Å². The van der Waals surface area contributed by atoms with Gasteiger partial charge in [-0.15, -0.1) is 0 Å². The van der Waals surface area contributed by atoms with Crippen molar-refractivity contribution < 1.29 is 4.79 Å². The summed E-state index contributed by atoms with van der Waals surface area (Å²) in [7, 11) is 0. The van der Waals surface area contributed by atoms with Crippen molar-refractivity contribution in [2.75, 3.05) is 6.54 Å². The van der Waals surface area contributed by atoms with Gasteiger partial charge in [0.15, 0.2) is 0 Å². The zero-order valence-corrected chi connectivity index (χ0v) is 14.6. The van der Waals surface area contributed by atoms with E-state index in [1.165, 1.54) is 5.56 Å². The third-order valence-electron chi connectivity index (χ3n) is 4.48. The van der Waals surface area contributed by atoms with Crippen LogP contribution >= 0.6 is 11.6 Å². The Morgan fingerprint density at radius 2 is 1.83 bits per heavy atom. The molecule has 1 aliphatic heterocycles. The molecule has 0 aromatic heterocycles. The second-order valence-electron chi connectivity index (χ2n) is 6.30. The summed E-state index contributed by atoms with van der Waals surface area (Å²) in [4.78, 5) is 12.7. The van der Waals surface area contributed by atoms with Crippen LogP contribution in [-0.4, -0.2) is 12.5 Å². The molecule has 3 unspecified atom stereocenters. The molecule has 24 heavy (non-hydrogen) atoms. The number of carbonyl (C=O) groups excluding carboxylic acids is 1. The van der Waals surface area contributed by atoms with E-state index in [-0.39, 0.29) is 23.9 Å². The Balaban J connectivity index is 1.69. The molecule has 3 atom stereocenters. The number of hydrogen-bond donors (Lipinski definition) is 3. The molecular weight excluding hydrogens is 322 g/mol. The Morgan fingerprint density at radius 3 is 2.50 bits per heavy atom.